The van der Waals surface area contributed by atoms with E-state index in [9.17, 15) is 0 Å². The van der Waals surface area contributed by atoms with Gasteiger partial charge in [-0.1, -0.05) is 0 Å². The van der Waals surface area contributed by atoms with Crippen molar-refractivity contribution in [3.8, 4) is 0 Å². The van der Waals surface area contributed by atoms with Gasteiger partial charge in [0.1, 0.15) is 0 Å². The van der Waals surface area contributed by atoms with Crippen LogP contribution in [0.4, 0.5) is 0 Å². The predicted molar refractivity (Wildman–Crippen MR) is 43.7 cm³/mol. The van der Waals surface area contributed by atoms with E-state index >= 15 is 0 Å². The molecule has 1 rings (SSSR count). The topological polar surface area (TPSA) is 45.6 Å². The van der Waals surface area contributed by atoms with Gasteiger partial charge in [-0.2, -0.15) is 0 Å². The molecule has 0 atom stereocenters. The number of rotatable bonds is 1. The van der Waals surface area contributed by atoms with Gasteiger partial charge < -0.3 is 17.9 Å². The summed E-state index contributed by atoms with van der Waals surface area (Å²) in [5, 5.41) is 0. The van der Waals surface area contributed by atoms with Crippen LogP contribution in [0.25, 0.3) is 0 Å². The van der Waals surface area contributed by atoms with Gasteiger partial charge >= 0.3 is 66.5 Å². The number of nitrogens with one attached hydrogen (secondary N) is 1. The van der Waals surface area contributed by atoms with E-state index in [-0.39, 0.29) is 17.9 Å². The second kappa shape index (κ2) is 7.20. The van der Waals surface area contributed by atoms with Crippen molar-refractivity contribution in [2.45, 2.75) is 0 Å². The molecule has 0 fully saturated rings. The van der Waals surface area contributed by atoms with Gasteiger partial charge in [-0.05, 0) is 0 Å². The maximum atomic E-state index is 5.69. The monoisotopic (exact) mass is 277 g/mol. The van der Waals surface area contributed by atoms with E-state index < -0.39 is 12.8 Å². The molecular weight excluding hydrogens is 271 g/mol. The zero-order chi connectivity index (χ0) is 6.69. The second-order valence-electron chi connectivity index (χ2n) is 1.49. The molecular formula is C5H7AsCl3NO. The number of hydrogen-bond acceptors (Lipinski definition) is 0. The summed E-state index contributed by atoms with van der Waals surface area (Å²) in [6, 6.07) is 3.82. The normalized spacial score (nSPS) is 8.27. The van der Waals surface area contributed by atoms with Crippen LogP contribution >= 0.6 is 19.9 Å². The Hall–Kier alpha value is 0.538. The van der Waals surface area contributed by atoms with Gasteiger partial charge in [0.15, 0.2) is 0 Å². The Balaban J connectivity index is 0. The van der Waals surface area contributed by atoms with Gasteiger partial charge in [0.05, 0.1) is 0 Å². The van der Waals surface area contributed by atoms with E-state index in [4.69, 9.17) is 19.9 Å². The molecule has 0 spiro atoms. The summed E-state index contributed by atoms with van der Waals surface area (Å²) < 4.78 is 1.04. The fourth-order valence-electron chi connectivity index (χ4n) is 0.489. The van der Waals surface area contributed by atoms with Crippen molar-refractivity contribution in [2.75, 3.05) is 0 Å². The van der Waals surface area contributed by atoms with Crippen LogP contribution in [0.2, 0.25) is 0 Å². The van der Waals surface area contributed by atoms with Crippen LogP contribution in [-0.2, 0) is 0 Å². The average molecular weight is 278 g/mol. The first kappa shape index (κ1) is 14.1. The average Bonchev–Trinajstić information content (AvgIpc) is 1.90. The first-order chi connectivity index (χ1) is 4.30. The number of hydrogen-bond donors (Lipinski definition) is 0. The van der Waals surface area contributed by atoms with Gasteiger partial charge in [0, 0.05) is 0 Å². The molecule has 6 heteroatoms. The predicted octanol–water partition coefficient (Wildman–Crippen LogP) is -3.15. The molecule has 0 saturated carbocycles. The Morgan fingerprint density at radius 1 is 1.36 bits per heavy atom. The fourth-order valence-corrected chi connectivity index (χ4v) is 2.36. The molecule has 64 valence electrons. The van der Waals surface area contributed by atoms with Crippen molar-refractivity contribution in [1.82, 2.24) is 0 Å². The van der Waals surface area contributed by atoms with E-state index in [1.54, 1.807) is 0 Å². The van der Waals surface area contributed by atoms with Crippen LogP contribution in [0.15, 0.2) is 24.5 Å². The van der Waals surface area contributed by atoms with Crippen LogP contribution < -0.4 is 21.7 Å². The van der Waals surface area contributed by atoms with E-state index in [2.05, 4.69) is 4.98 Å². The zero-order valence-electron chi connectivity index (χ0n) is 5.39. The fraction of sp³-hybridized carbons (Fsp3) is 0. The SMILES string of the molecule is Cl[As](Cl)c1ccc[nH+]c1.O.[Cl-]. The molecule has 1 heterocycles. The number of aromatic nitrogens is 1. The van der Waals surface area contributed by atoms with Gasteiger partial charge in [0.2, 0.25) is 0 Å². The molecule has 0 unspecified atom stereocenters. The Kier molecular flexibility index (Phi) is 9.22. The molecule has 3 N–H and O–H groups in total. The minimum Gasteiger partial charge on any atom is -1.00 e. The van der Waals surface area contributed by atoms with Crippen LogP contribution in [0.1, 0.15) is 0 Å². The summed E-state index contributed by atoms with van der Waals surface area (Å²) in [7, 11) is 11.4. The smallest absolute Gasteiger partial charge is 0.412 e. The summed E-state index contributed by atoms with van der Waals surface area (Å²) >= 11 is -1.67. The second-order valence-corrected chi connectivity index (χ2v) is 7.97. The first-order valence-electron chi connectivity index (χ1n) is 2.38. The van der Waals surface area contributed by atoms with Gasteiger partial charge in [-0.25, -0.2) is 0 Å². The third-order valence-electron chi connectivity index (χ3n) is 0.886. The van der Waals surface area contributed by atoms with E-state index in [0.29, 0.717) is 0 Å². The van der Waals surface area contributed by atoms with Crippen molar-refractivity contribution in [3.05, 3.63) is 24.5 Å². The third-order valence-corrected chi connectivity index (χ3v) is 4.32. The number of pyridine rings is 1. The van der Waals surface area contributed by atoms with Crippen molar-refractivity contribution in [3.63, 3.8) is 0 Å². The summed E-state index contributed by atoms with van der Waals surface area (Å²) in [4.78, 5) is 2.91. The minimum absolute atomic E-state index is 0. The minimum atomic E-state index is -1.67. The number of aromatic amines is 1. The van der Waals surface area contributed by atoms with Crippen molar-refractivity contribution in [2.24, 2.45) is 0 Å². The maximum Gasteiger partial charge on any atom is -0.412 e. The van der Waals surface area contributed by atoms with Crippen molar-refractivity contribution in [1.29, 1.82) is 0 Å². The van der Waals surface area contributed by atoms with Gasteiger partial charge in [-0.3, -0.25) is 0 Å². The molecule has 0 aliphatic carbocycles. The van der Waals surface area contributed by atoms with E-state index in [1.807, 2.05) is 24.5 Å². The molecule has 0 aromatic carbocycles. The largest absolute Gasteiger partial charge is 1.00 e. The van der Waals surface area contributed by atoms with E-state index in [1.165, 1.54) is 0 Å². The standard InChI is InChI=1S/C5H4AsCl2N.ClH.H2O/c7-6(8)5-2-1-3-9-4-5;;/h1-4H;1H;1H2. The van der Waals surface area contributed by atoms with Crippen molar-refractivity contribution < 1.29 is 22.9 Å². The Morgan fingerprint density at radius 3 is 2.27 bits per heavy atom. The first-order valence-corrected chi connectivity index (χ1v) is 8.25. The summed E-state index contributed by atoms with van der Waals surface area (Å²) in [5.74, 6) is 0. The molecule has 1 aromatic heterocycles. The molecule has 1 aromatic rings. The molecule has 2 nitrogen and oxygen atoms in total. The Morgan fingerprint density at radius 2 is 2.00 bits per heavy atom. The summed E-state index contributed by atoms with van der Waals surface area (Å²) in [6.07, 6.45) is 3.66. The molecule has 0 bridgehead atoms. The zero-order valence-corrected chi connectivity index (χ0v) is 9.53. The van der Waals surface area contributed by atoms with E-state index in [0.717, 1.165) is 4.35 Å². The van der Waals surface area contributed by atoms with Gasteiger partial charge in [0.25, 0.3) is 0 Å². The quantitative estimate of drug-likeness (QED) is 0.487. The Bertz CT molecular complexity index is 184. The Labute approximate surface area is 84.2 Å². The van der Waals surface area contributed by atoms with Crippen molar-refractivity contribution >= 4 is 37.0 Å². The molecule has 0 aliphatic rings. The molecule has 0 aliphatic heterocycles. The molecule has 11 heavy (non-hydrogen) atoms. The van der Waals surface area contributed by atoms with Crippen LogP contribution in [0.5, 0.6) is 0 Å². The summed E-state index contributed by atoms with van der Waals surface area (Å²) in [5.41, 5.74) is 0. The van der Waals surface area contributed by atoms with Crippen LogP contribution in [0.3, 0.4) is 0 Å². The van der Waals surface area contributed by atoms with Crippen LogP contribution in [-0.4, -0.2) is 18.2 Å². The maximum absolute atomic E-state index is 5.69. The van der Waals surface area contributed by atoms with Gasteiger partial charge in [-0.15, -0.1) is 0 Å². The molecule has 0 saturated heterocycles. The molecule has 0 amide bonds. The number of H-pyrrole nitrogens is 1. The number of halogens is 3. The third kappa shape index (κ3) is 4.89. The summed E-state index contributed by atoms with van der Waals surface area (Å²) in [6.45, 7) is 0. The van der Waals surface area contributed by atoms with Crippen LogP contribution in [0, 0.1) is 0 Å². The molecule has 0 radical (unpaired) electrons.